The Morgan fingerprint density at radius 2 is 1.77 bits per heavy atom. The van der Waals surface area contributed by atoms with Gasteiger partial charge in [-0.15, -0.1) is 5.10 Å². The fourth-order valence-corrected chi connectivity index (χ4v) is 2.04. The highest BCUT2D eigenvalue weighted by Gasteiger charge is 2.07. The van der Waals surface area contributed by atoms with Gasteiger partial charge in [0.2, 0.25) is 0 Å². The molecule has 1 aromatic heterocycles. The lowest BCUT2D eigenvalue weighted by Gasteiger charge is -2.01. The smallest absolute Gasteiger partial charge is 0.335 e. The molecule has 6 heteroatoms. The number of aromatic carboxylic acids is 1. The lowest BCUT2D eigenvalue weighted by atomic mass is 10.1. The van der Waals surface area contributed by atoms with E-state index < -0.39 is 5.97 Å². The summed E-state index contributed by atoms with van der Waals surface area (Å²) in [6, 6.07) is 14.0. The fraction of sp³-hybridized carbons (Fsp3) is 0.0625. The Morgan fingerprint density at radius 3 is 2.36 bits per heavy atom. The Morgan fingerprint density at radius 1 is 1.09 bits per heavy atom. The highest BCUT2D eigenvalue weighted by molar-refractivity contribution is 5.87. The lowest BCUT2D eigenvalue weighted by Crippen LogP contribution is -1.98. The molecule has 0 radical (unpaired) electrons. The van der Waals surface area contributed by atoms with Crippen molar-refractivity contribution in [3.63, 3.8) is 0 Å². The molecule has 6 nitrogen and oxygen atoms in total. The summed E-state index contributed by atoms with van der Waals surface area (Å²) in [5.74, 6) is -0.176. The second kappa shape index (κ2) is 5.69. The van der Waals surface area contributed by atoms with Crippen LogP contribution in [0.3, 0.4) is 0 Å². The zero-order valence-corrected chi connectivity index (χ0v) is 11.8. The molecule has 0 fully saturated rings. The van der Waals surface area contributed by atoms with Crippen LogP contribution in [0.15, 0.2) is 54.7 Å². The van der Waals surface area contributed by atoms with Crippen molar-refractivity contribution >= 4 is 5.97 Å². The van der Waals surface area contributed by atoms with Gasteiger partial charge in [-0.05, 0) is 48.5 Å². The third-order valence-electron chi connectivity index (χ3n) is 3.26. The molecule has 0 atom stereocenters. The van der Waals surface area contributed by atoms with Crippen molar-refractivity contribution < 1.29 is 14.6 Å². The SMILES string of the molecule is COc1ccc(-c2cn(-c3ccc(C(=O)O)cc3)nn2)cc1. The van der Waals surface area contributed by atoms with Gasteiger partial charge in [-0.3, -0.25) is 0 Å². The number of methoxy groups -OCH3 is 1. The molecule has 0 saturated carbocycles. The molecule has 2 aromatic carbocycles. The van der Waals surface area contributed by atoms with Crippen LogP contribution in [0, 0.1) is 0 Å². The molecule has 0 saturated heterocycles. The minimum atomic E-state index is -0.955. The van der Waals surface area contributed by atoms with Gasteiger partial charge in [0.25, 0.3) is 0 Å². The molecule has 0 unspecified atom stereocenters. The van der Waals surface area contributed by atoms with Crippen LogP contribution in [0.2, 0.25) is 0 Å². The van der Waals surface area contributed by atoms with Gasteiger partial charge in [0, 0.05) is 5.56 Å². The van der Waals surface area contributed by atoms with Crippen LogP contribution in [0.5, 0.6) is 5.75 Å². The molecule has 0 aliphatic rings. The van der Waals surface area contributed by atoms with E-state index >= 15 is 0 Å². The van der Waals surface area contributed by atoms with Crippen LogP contribution >= 0.6 is 0 Å². The van der Waals surface area contributed by atoms with Crippen LogP contribution in [0.4, 0.5) is 0 Å². The normalized spacial score (nSPS) is 10.4. The topological polar surface area (TPSA) is 77.2 Å². The number of hydrogen-bond acceptors (Lipinski definition) is 4. The summed E-state index contributed by atoms with van der Waals surface area (Å²) in [5, 5.41) is 17.1. The van der Waals surface area contributed by atoms with Gasteiger partial charge in [-0.25, -0.2) is 9.48 Å². The summed E-state index contributed by atoms with van der Waals surface area (Å²) in [7, 11) is 1.62. The number of hydrogen-bond donors (Lipinski definition) is 1. The van der Waals surface area contributed by atoms with E-state index in [9.17, 15) is 4.79 Å². The molecule has 0 aliphatic carbocycles. The van der Waals surface area contributed by atoms with E-state index in [1.54, 1.807) is 30.1 Å². The first-order valence-corrected chi connectivity index (χ1v) is 6.58. The van der Waals surface area contributed by atoms with Crippen LogP contribution in [-0.4, -0.2) is 33.2 Å². The van der Waals surface area contributed by atoms with E-state index in [0.717, 1.165) is 22.7 Å². The van der Waals surface area contributed by atoms with Gasteiger partial charge in [0.1, 0.15) is 11.4 Å². The van der Waals surface area contributed by atoms with Crippen molar-refractivity contribution in [2.45, 2.75) is 0 Å². The van der Waals surface area contributed by atoms with E-state index in [2.05, 4.69) is 10.3 Å². The van der Waals surface area contributed by atoms with Crippen molar-refractivity contribution in [3.8, 4) is 22.7 Å². The second-order valence-electron chi connectivity index (χ2n) is 4.63. The number of rotatable bonds is 4. The highest BCUT2D eigenvalue weighted by Crippen LogP contribution is 2.21. The largest absolute Gasteiger partial charge is 0.497 e. The number of nitrogens with zero attached hydrogens (tertiary/aromatic N) is 3. The third-order valence-corrected chi connectivity index (χ3v) is 3.26. The van der Waals surface area contributed by atoms with Crippen molar-refractivity contribution in [1.82, 2.24) is 15.0 Å². The number of carbonyl (C=O) groups is 1. The molecule has 1 N–H and O–H groups in total. The predicted octanol–water partition coefficient (Wildman–Crippen LogP) is 2.64. The maximum Gasteiger partial charge on any atom is 0.335 e. The Hall–Kier alpha value is -3.15. The standard InChI is InChI=1S/C16H13N3O3/c1-22-14-8-4-11(5-9-14)15-10-19(18-17-15)13-6-2-12(3-7-13)16(20)21/h2-10H,1H3,(H,20,21). The summed E-state index contributed by atoms with van der Waals surface area (Å²) >= 11 is 0. The lowest BCUT2D eigenvalue weighted by molar-refractivity contribution is 0.0697. The number of carboxylic acid groups (broad SMARTS) is 1. The molecule has 110 valence electrons. The average Bonchev–Trinajstić information content (AvgIpc) is 3.05. The number of benzene rings is 2. The molecule has 0 spiro atoms. The minimum Gasteiger partial charge on any atom is -0.497 e. The Bertz CT molecular complexity index is 792. The molecule has 0 aliphatic heterocycles. The molecule has 3 aromatic rings. The zero-order valence-electron chi connectivity index (χ0n) is 11.8. The Kier molecular flexibility index (Phi) is 3.57. The third kappa shape index (κ3) is 2.67. The first-order valence-electron chi connectivity index (χ1n) is 6.58. The van der Waals surface area contributed by atoms with Gasteiger partial charge in [0.15, 0.2) is 0 Å². The van der Waals surface area contributed by atoms with Gasteiger partial charge in [0.05, 0.1) is 24.6 Å². The van der Waals surface area contributed by atoms with Crippen LogP contribution < -0.4 is 4.74 Å². The summed E-state index contributed by atoms with van der Waals surface area (Å²) in [5.41, 5.74) is 2.63. The van der Waals surface area contributed by atoms with E-state index in [0.29, 0.717) is 0 Å². The van der Waals surface area contributed by atoms with Gasteiger partial charge < -0.3 is 9.84 Å². The fourth-order valence-electron chi connectivity index (χ4n) is 2.04. The quantitative estimate of drug-likeness (QED) is 0.800. The van der Waals surface area contributed by atoms with Crippen molar-refractivity contribution in [2.75, 3.05) is 7.11 Å². The molecule has 3 rings (SSSR count). The second-order valence-corrected chi connectivity index (χ2v) is 4.63. The molecule has 22 heavy (non-hydrogen) atoms. The van der Waals surface area contributed by atoms with Crippen LogP contribution in [-0.2, 0) is 0 Å². The predicted molar refractivity (Wildman–Crippen MR) is 80.3 cm³/mol. The van der Waals surface area contributed by atoms with Crippen molar-refractivity contribution in [1.29, 1.82) is 0 Å². The van der Waals surface area contributed by atoms with Crippen LogP contribution in [0.1, 0.15) is 10.4 Å². The first-order chi connectivity index (χ1) is 10.7. The van der Waals surface area contributed by atoms with E-state index in [1.165, 1.54) is 12.1 Å². The summed E-state index contributed by atoms with van der Waals surface area (Å²) in [6.45, 7) is 0. The number of carboxylic acids is 1. The van der Waals surface area contributed by atoms with Gasteiger partial charge in [-0.2, -0.15) is 0 Å². The Labute approximate surface area is 126 Å². The van der Waals surface area contributed by atoms with E-state index in [4.69, 9.17) is 9.84 Å². The summed E-state index contributed by atoms with van der Waals surface area (Å²) in [6.07, 6.45) is 1.79. The Balaban J connectivity index is 1.87. The van der Waals surface area contributed by atoms with Crippen molar-refractivity contribution in [3.05, 3.63) is 60.3 Å². The van der Waals surface area contributed by atoms with Gasteiger partial charge >= 0.3 is 5.97 Å². The highest BCUT2D eigenvalue weighted by atomic mass is 16.5. The number of aromatic nitrogens is 3. The zero-order chi connectivity index (χ0) is 15.5. The van der Waals surface area contributed by atoms with Crippen molar-refractivity contribution in [2.24, 2.45) is 0 Å². The summed E-state index contributed by atoms with van der Waals surface area (Å²) in [4.78, 5) is 10.8. The number of ether oxygens (including phenoxy) is 1. The molecular formula is C16H13N3O3. The molecule has 0 amide bonds. The van der Waals surface area contributed by atoms with Gasteiger partial charge in [-0.1, -0.05) is 5.21 Å². The first kappa shape index (κ1) is 13.8. The monoisotopic (exact) mass is 295 g/mol. The van der Waals surface area contributed by atoms with E-state index in [-0.39, 0.29) is 5.56 Å². The minimum absolute atomic E-state index is 0.235. The molecular weight excluding hydrogens is 282 g/mol. The molecule has 1 heterocycles. The van der Waals surface area contributed by atoms with E-state index in [1.807, 2.05) is 24.3 Å². The molecule has 0 bridgehead atoms. The summed E-state index contributed by atoms with van der Waals surface area (Å²) < 4.78 is 6.72. The maximum absolute atomic E-state index is 10.8. The maximum atomic E-state index is 10.8. The average molecular weight is 295 g/mol. The van der Waals surface area contributed by atoms with Crippen LogP contribution in [0.25, 0.3) is 16.9 Å².